The summed E-state index contributed by atoms with van der Waals surface area (Å²) in [4.78, 5) is 0. The Balaban J connectivity index is 1.41. The zero-order valence-corrected chi connectivity index (χ0v) is 18.8. The highest BCUT2D eigenvalue weighted by molar-refractivity contribution is 5.85. The van der Waals surface area contributed by atoms with Gasteiger partial charge in [-0.25, -0.2) is 4.39 Å². The predicted octanol–water partition coefficient (Wildman–Crippen LogP) is 8.56. The molecule has 0 amide bonds. The minimum absolute atomic E-state index is 0.0492. The van der Waals surface area contributed by atoms with E-state index in [0.29, 0.717) is 16.7 Å². The molecule has 0 heterocycles. The van der Waals surface area contributed by atoms with Crippen molar-refractivity contribution in [2.45, 2.75) is 77.0 Å². The van der Waals surface area contributed by atoms with Gasteiger partial charge in [0.1, 0.15) is 6.61 Å². The average Bonchev–Trinajstić information content (AvgIpc) is 2.81. The third-order valence-electron chi connectivity index (χ3n) is 7.86. The summed E-state index contributed by atoms with van der Waals surface area (Å²) in [7, 11) is 0. The van der Waals surface area contributed by atoms with E-state index in [1.54, 1.807) is 6.07 Å². The van der Waals surface area contributed by atoms with Crippen molar-refractivity contribution in [2.75, 3.05) is 6.61 Å². The van der Waals surface area contributed by atoms with Crippen LogP contribution in [-0.2, 0) is 0 Å². The summed E-state index contributed by atoms with van der Waals surface area (Å²) in [6, 6.07) is 7.46. The summed E-state index contributed by atoms with van der Waals surface area (Å²) in [5.41, 5.74) is 1.15. The lowest BCUT2D eigenvalue weighted by Crippen LogP contribution is -2.25. The Labute approximate surface area is 185 Å². The van der Waals surface area contributed by atoms with E-state index < -0.39 is 11.6 Å². The van der Waals surface area contributed by atoms with Gasteiger partial charge in [0.05, 0.1) is 0 Å². The van der Waals surface area contributed by atoms with Crippen molar-refractivity contribution in [3.8, 4) is 5.75 Å². The van der Waals surface area contributed by atoms with Gasteiger partial charge in [0.15, 0.2) is 11.6 Å². The average molecular weight is 427 g/mol. The van der Waals surface area contributed by atoms with Gasteiger partial charge in [-0.05, 0) is 85.3 Å². The minimum atomic E-state index is -0.908. The van der Waals surface area contributed by atoms with Crippen LogP contribution in [0.3, 0.4) is 0 Å². The molecular weight excluding hydrogens is 390 g/mol. The number of halogens is 2. The van der Waals surface area contributed by atoms with Gasteiger partial charge >= 0.3 is 0 Å². The van der Waals surface area contributed by atoms with Gasteiger partial charge < -0.3 is 4.74 Å². The molecule has 0 aromatic heterocycles. The van der Waals surface area contributed by atoms with E-state index in [0.717, 1.165) is 36.2 Å². The molecule has 0 unspecified atom stereocenters. The first kappa shape index (κ1) is 22.3. The highest BCUT2D eigenvalue weighted by atomic mass is 19.2. The number of fused-ring (bicyclic) bond motifs is 1. The fourth-order valence-corrected chi connectivity index (χ4v) is 6.11. The van der Waals surface area contributed by atoms with E-state index >= 15 is 0 Å². The fourth-order valence-electron chi connectivity index (χ4n) is 6.11. The Hall–Kier alpha value is -1.90. The second kappa shape index (κ2) is 10.1. The normalized spacial score (nSPS) is 26.7. The Kier molecular flexibility index (Phi) is 7.30. The molecule has 1 nitrogen and oxygen atoms in total. The smallest absolute Gasteiger partial charge is 0.201 e. The maximum atomic E-state index is 14.7. The quantitative estimate of drug-likeness (QED) is 0.403. The molecule has 2 aromatic rings. The second-order valence-electron chi connectivity index (χ2n) is 9.76. The molecule has 2 aliphatic rings. The van der Waals surface area contributed by atoms with Crippen LogP contribution in [0.15, 0.2) is 36.9 Å². The Morgan fingerprint density at radius 2 is 1.61 bits per heavy atom. The molecule has 31 heavy (non-hydrogen) atoms. The first-order chi connectivity index (χ1) is 15.1. The third kappa shape index (κ3) is 4.96. The van der Waals surface area contributed by atoms with Crippen LogP contribution in [0.4, 0.5) is 8.78 Å². The van der Waals surface area contributed by atoms with Crippen molar-refractivity contribution in [2.24, 2.45) is 17.8 Å². The van der Waals surface area contributed by atoms with Crippen LogP contribution in [0, 0.1) is 29.4 Å². The summed E-state index contributed by atoms with van der Waals surface area (Å²) in [6.45, 7) is 6.02. The van der Waals surface area contributed by atoms with Gasteiger partial charge in [0, 0.05) is 5.39 Å². The molecule has 2 fully saturated rings. The standard InChI is InChI=1S/C28H36F2O/c1-3-5-19-6-8-20(9-7-19)21-10-12-22(13-11-21)23-14-15-24-18-26(31-16-4-2)28(30)27(29)25(24)17-23/h4,14-15,17-22H,2-3,5-13,16H2,1H3. The topological polar surface area (TPSA) is 9.23 Å². The Morgan fingerprint density at radius 3 is 2.26 bits per heavy atom. The molecule has 0 atom stereocenters. The SMILES string of the molecule is C=CCOc1cc2ccc(C3CCC(C4CCC(CCC)CC4)CC3)cc2c(F)c1F. The minimum Gasteiger partial charge on any atom is -0.486 e. The molecule has 0 aliphatic heterocycles. The number of ether oxygens (including phenoxy) is 1. The van der Waals surface area contributed by atoms with Crippen LogP contribution in [0.5, 0.6) is 5.75 Å². The molecule has 0 N–H and O–H groups in total. The van der Waals surface area contributed by atoms with E-state index in [4.69, 9.17) is 4.74 Å². The summed E-state index contributed by atoms with van der Waals surface area (Å²) < 4.78 is 34.4. The lowest BCUT2D eigenvalue weighted by molar-refractivity contribution is 0.156. The van der Waals surface area contributed by atoms with Crippen LogP contribution in [0.1, 0.15) is 82.6 Å². The lowest BCUT2D eigenvalue weighted by atomic mass is 9.68. The highest BCUT2D eigenvalue weighted by Crippen LogP contribution is 2.45. The van der Waals surface area contributed by atoms with Crippen molar-refractivity contribution in [3.05, 3.63) is 54.1 Å². The van der Waals surface area contributed by atoms with Crippen molar-refractivity contribution >= 4 is 10.8 Å². The molecule has 168 valence electrons. The van der Waals surface area contributed by atoms with Crippen molar-refractivity contribution in [3.63, 3.8) is 0 Å². The maximum Gasteiger partial charge on any atom is 0.201 e. The second-order valence-corrected chi connectivity index (χ2v) is 9.76. The molecule has 3 heteroatoms. The number of benzene rings is 2. The van der Waals surface area contributed by atoms with Crippen molar-refractivity contribution in [1.82, 2.24) is 0 Å². The first-order valence-corrected chi connectivity index (χ1v) is 12.3. The molecule has 2 aliphatic carbocycles. The molecule has 0 radical (unpaired) electrons. The Morgan fingerprint density at radius 1 is 0.935 bits per heavy atom. The zero-order chi connectivity index (χ0) is 21.8. The van der Waals surface area contributed by atoms with Gasteiger partial charge in [-0.3, -0.25) is 0 Å². The lowest BCUT2D eigenvalue weighted by Gasteiger charge is -2.38. The molecule has 0 saturated heterocycles. The third-order valence-corrected chi connectivity index (χ3v) is 7.86. The van der Waals surface area contributed by atoms with Crippen molar-refractivity contribution in [1.29, 1.82) is 0 Å². The van der Waals surface area contributed by atoms with Gasteiger partial charge in [-0.15, -0.1) is 0 Å². The van der Waals surface area contributed by atoms with Crippen LogP contribution in [0.2, 0.25) is 0 Å². The number of hydrogen-bond acceptors (Lipinski definition) is 1. The van der Waals surface area contributed by atoms with Crippen LogP contribution >= 0.6 is 0 Å². The van der Waals surface area contributed by atoms with Crippen LogP contribution in [0.25, 0.3) is 10.8 Å². The molecule has 0 spiro atoms. The van der Waals surface area contributed by atoms with Gasteiger partial charge in [-0.2, -0.15) is 4.39 Å². The zero-order valence-electron chi connectivity index (χ0n) is 18.8. The highest BCUT2D eigenvalue weighted by Gasteiger charge is 2.31. The Bertz CT molecular complexity index is 890. The largest absolute Gasteiger partial charge is 0.486 e. The molecule has 0 bridgehead atoms. The summed E-state index contributed by atoms with van der Waals surface area (Å²) in [5, 5.41) is 1.04. The monoisotopic (exact) mass is 426 g/mol. The van der Waals surface area contributed by atoms with Crippen LogP contribution < -0.4 is 4.74 Å². The van der Waals surface area contributed by atoms with Gasteiger partial charge in [0.2, 0.25) is 5.82 Å². The van der Waals surface area contributed by atoms with E-state index in [-0.39, 0.29) is 12.4 Å². The van der Waals surface area contributed by atoms with E-state index in [2.05, 4.69) is 19.6 Å². The molecule has 4 rings (SSSR count). The molecular formula is C28H36F2O. The fraction of sp³-hybridized carbons (Fsp3) is 0.571. The number of rotatable bonds is 7. The van der Waals surface area contributed by atoms with E-state index in [9.17, 15) is 8.78 Å². The number of hydrogen-bond donors (Lipinski definition) is 0. The van der Waals surface area contributed by atoms with Crippen LogP contribution in [-0.4, -0.2) is 6.61 Å². The summed E-state index contributed by atoms with van der Waals surface area (Å²) in [5.74, 6) is 1.42. The summed E-state index contributed by atoms with van der Waals surface area (Å²) >= 11 is 0. The van der Waals surface area contributed by atoms with Crippen molar-refractivity contribution < 1.29 is 13.5 Å². The predicted molar refractivity (Wildman–Crippen MR) is 125 cm³/mol. The summed E-state index contributed by atoms with van der Waals surface area (Å²) in [6.07, 6.45) is 14.8. The maximum absolute atomic E-state index is 14.7. The van der Waals surface area contributed by atoms with E-state index in [1.807, 2.05) is 12.1 Å². The van der Waals surface area contributed by atoms with Gasteiger partial charge in [-0.1, -0.05) is 57.4 Å². The van der Waals surface area contributed by atoms with Gasteiger partial charge in [0.25, 0.3) is 0 Å². The van der Waals surface area contributed by atoms with E-state index in [1.165, 1.54) is 57.4 Å². The molecule has 2 aromatic carbocycles. The molecule has 2 saturated carbocycles. The first-order valence-electron chi connectivity index (χ1n) is 12.3.